The van der Waals surface area contributed by atoms with Crippen LogP contribution >= 0.6 is 0 Å². The van der Waals surface area contributed by atoms with Crippen molar-refractivity contribution in [1.29, 1.82) is 0 Å². The Morgan fingerprint density at radius 1 is 1.19 bits per heavy atom. The highest BCUT2D eigenvalue weighted by atomic mass is 19.1. The standard InChI is InChI=1S/C15H12FN3O2/c16-12-5-3-7-14(19(20)21)15(12)18-9-10-8-17-13-6-2-1-4-11(10)13/h1-8,17-18H,9H2. The van der Waals surface area contributed by atoms with Gasteiger partial charge in [-0.05, 0) is 17.7 Å². The Bertz CT molecular complexity index is 814. The number of benzene rings is 2. The molecular weight excluding hydrogens is 273 g/mol. The Labute approximate surface area is 119 Å². The number of aromatic nitrogens is 1. The highest BCUT2D eigenvalue weighted by molar-refractivity contribution is 5.83. The number of nitrogens with zero attached hydrogens (tertiary/aromatic N) is 1. The zero-order valence-corrected chi connectivity index (χ0v) is 11.0. The van der Waals surface area contributed by atoms with Gasteiger partial charge in [0.05, 0.1) is 4.92 Å². The number of hydrogen-bond acceptors (Lipinski definition) is 3. The summed E-state index contributed by atoms with van der Waals surface area (Å²) >= 11 is 0. The maximum atomic E-state index is 13.8. The molecule has 0 spiro atoms. The van der Waals surface area contributed by atoms with Crippen LogP contribution in [0.5, 0.6) is 0 Å². The predicted octanol–water partition coefficient (Wildman–Crippen LogP) is 3.83. The summed E-state index contributed by atoms with van der Waals surface area (Å²) in [5.41, 5.74) is 1.53. The molecule has 0 aliphatic heterocycles. The molecule has 21 heavy (non-hydrogen) atoms. The molecule has 0 aliphatic rings. The first-order valence-corrected chi connectivity index (χ1v) is 6.38. The average Bonchev–Trinajstić information content (AvgIpc) is 2.89. The molecule has 3 rings (SSSR count). The minimum absolute atomic E-state index is 0.0900. The van der Waals surface area contributed by atoms with Crippen molar-refractivity contribution in [2.24, 2.45) is 0 Å². The third-order valence-corrected chi connectivity index (χ3v) is 3.32. The van der Waals surface area contributed by atoms with Gasteiger partial charge < -0.3 is 10.3 Å². The zero-order valence-electron chi connectivity index (χ0n) is 11.0. The quantitative estimate of drug-likeness (QED) is 0.565. The molecule has 5 nitrogen and oxygen atoms in total. The van der Waals surface area contributed by atoms with Crippen LogP contribution in [0.4, 0.5) is 15.8 Å². The van der Waals surface area contributed by atoms with Gasteiger partial charge in [-0.2, -0.15) is 0 Å². The van der Waals surface area contributed by atoms with E-state index in [2.05, 4.69) is 10.3 Å². The van der Waals surface area contributed by atoms with E-state index in [-0.39, 0.29) is 11.4 Å². The third kappa shape index (κ3) is 2.43. The van der Waals surface area contributed by atoms with Crippen LogP contribution in [0, 0.1) is 15.9 Å². The normalized spacial score (nSPS) is 10.7. The smallest absolute Gasteiger partial charge is 0.295 e. The van der Waals surface area contributed by atoms with Gasteiger partial charge in [0.1, 0.15) is 5.69 Å². The summed E-state index contributed by atoms with van der Waals surface area (Å²) in [4.78, 5) is 13.5. The van der Waals surface area contributed by atoms with Crippen LogP contribution in [0.3, 0.4) is 0 Å². The SMILES string of the molecule is O=[N+]([O-])c1cccc(F)c1NCc1c[nH]c2ccccc12. The number of fused-ring (bicyclic) bond motifs is 1. The minimum Gasteiger partial charge on any atom is -0.373 e. The lowest BCUT2D eigenvalue weighted by atomic mass is 10.1. The van der Waals surface area contributed by atoms with E-state index in [1.165, 1.54) is 18.2 Å². The van der Waals surface area contributed by atoms with Crippen molar-refractivity contribution in [3.8, 4) is 0 Å². The molecule has 6 heteroatoms. The number of hydrogen-bond donors (Lipinski definition) is 2. The molecule has 0 bridgehead atoms. The van der Waals surface area contributed by atoms with Crippen LogP contribution in [0.2, 0.25) is 0 Å². The van der Waals surface area contributed by atoms with E-state index < -0.39 is 10.7 Å². The Hall–Kier alpha value is -2.89. The number of H-pyrrole nitrogens is 1. The summed E-state index contributed by atoms with van der Waals surface area (Å²) in [6, 6.07) is 11.5. The number of halogens is 1. The van der Waals surface area contributed by atoms with Crippen molar-refractivity contribution in [1.82, 2.24) is 4.98 Å². The largest absolute Gasteiger partial charge is 0.373 e. The van der Waals surface area contributed by atoms with E-state index in [0.29, 0.717) is 6.54 Å². The van der Waals surface area contributed by atoms with Crippen molar-refractivity contribution in [3.05, 3.63) is 70.2 Å². The van der Waals surface area contributed by atoms with Crippen molar-refractivity contribution >= 4 is 22.3 Å². The maximum absolute atomic E-state index is 13.8. The molecule has 0 saturated heterocycles. The predicted molar refractivity (Wildman–Crippen MR) is 78.7 cm³/mol. The number of aromatic amines is 1. The van der Waals surface area contributed by atoms with Gasteiger partial charge in [0, 0.05) is 29.7 Å². The highest BCUT2D eigenvalue weighted by Crippen LogP contribution is 2.28. The minimum atomic E-state index is -0.635. The first kappa shape index (κ1) is 13.1. The average molecular weight is 285 g/mol. The molecular formula is C15H12FN3O2. The van der Waals surface area contributed by atoms with Gasteiger partial charge in [-0.15, -0.1) is 0 Å². The molecule has 0 fully saturated rings. The molecule has 2 N–H and O–H groups in total. The van der Waals surface area contributed by atoms with Gasteiger partial charge in [-0.25, -0.2) is 4.39 Å². The second-order valence-electron chi connectivity index (χ2n) is 4.60. The number of para-hydroxylation sites is 2. The molecule has 0 unspecified atom stereocenters. The molecule has 1 heterocycles. The maximum Gasteiger partial charge on any atom is 0.295 e. The Morgan fingerprint density at radius 3 is 2.81 bits per heavy atom. The molecule has 0 amide bonds. The van der Waals surface area contributed by atoms with Crippen LogP contribution in [0.1, 0.15) is 5.56 Å². The number of nitro groups is 1. The zero-order chi connectivity index (χ0) is 14.8. The van der Waals surface area contributed by atoms with Gasteiger partial charge in [-0.3, -0.25) is 10.1 Å². The van der Waals surface area contributed by atoms with Crippen molar-refractivity contribution in [2.75, 3.05) is 5.32 Å². The van der Waals surface area contributed by atoms with Gasteiger partial charge in [-0.1, -0.05) is 24.3 Å². The van der Waals surface area contributed by atoms with E-state index >= 15 is 0 Å². The van der Waals surface area contributed by atoms with Gasteiger partial charge in [0.15, 0.2) is 5.82 Å². The van der Waals surface area contributed by atoms with E-state index in [9.17, 15) is 14.5 Å². The fourth-order valence-corrected chi connectivity index (χ4v) is 2.30. The van der Waals surface area contributed by atoms with Crippen LogP contribution in [0.15, 0.2) is 48.7 Å². The van der Waals surface area contributed by atoms with Crippen LogP contribution < -0.4 is 5.32 Å². The summed E-state index contributed by atoms with van der Waals surface area (Å²) in [5, 5.41) is 14.8. The van der Waals surface area contributed by atoms with E-state index in [1.54, 1.807) is 0 Å². The molecule has 2 aromatic carbocycles. The summed E-state index contributed by atoms with van der Waals surface area (Å²) in [5.74, 6) is -0.635. The summed E-state index contributed by atoms with van der Waals surface area (Å²) in [6.45, 7) is 0.297. The summed E-state index contributed by atoms with van der Waals surface area (Å²) in [7, 11) is 0. The first-order valence-electron chi connectivity index (χ1n) is 6.38. The molecule has 106 valence electrons. The number of anilines is 1. The van der Waals surface area contributed by atoms with Crippen molar-refractivity contribution in [3.63, 3.8) is 0 Å². The molecule has 0 atom stereocenters. The lowest BCUT2D eigenvalue weighted by molar-refractivity contribution is -0.384. The Balaban J connectivity index is 1.90. The van der Waals surface area contributed by atoms with Gasteiger partial charge in [0.25, 0.3) is 5.69 Å². The Kier molecular flexibility index (Phi) is 3.27. The second-order valence-corrected chi connectivity index (χ2v) is 4.60. The number of nitro benzene ring substituents is 1. The van der Waals surface area contributed by atoms with E-state index in [0.717, 1.165) is 16.5 Å². The molecule has 1 aromatic heterocycles. The Morgan fingerprint density at radius 2 is 2.00 bits per heavy atom. The summed E-state index contributed by atoms with van der Waals surface area (Å²) < 4.78 is 13.8. The highest BCUT2D eigenvalue weighted by Gasteiger charge is 2.17. The lowest BCUT2D eigenvalue weighted by Gasteiger charge is -2.07. The first-order chi connectivity index (χ1) is 10.2. The van der Waals surface area contributed by atoms with Crippen molar-refractivity contribution < 1.29 is 9.31 Å². The van der Waals surface area contributed by atoms with E-state index in [4.69, 9.17) is 0 Å². The monoisotopic (exact) mass is 285 g/mol. The van der Waals surface area contributed by atoms with E-state index in [1.807, 2.05) is 30.5 Å². The van der Waals surface area contributed by atoms with Crippen LogP contribution in [-0.2, 0) is 6.54 Å². The fourth-order valence-electron chi connectivity index (χ4n) is 2.30. The lowest BCUT2D eigenvalue weighted by Crippen LogP contribution is -2.04. The molecule has 0 radical (unpaired) electrons. The van der Waals surface area contributed by atoms with Crippen molar-refractivity contribution in [2.45, 2.75) is 6.54 Å². The molecule has 0 saturated carbocycles. The molecule has 0 aliphatic carbocycles. The third-order valence-electron chi connectivity index (χ3n) is 3.32. The fraction of sp³-hybridized carbons (Fsp3) is 0.0667. The number of nitrogens with one attached hydrogen (secondary N) is 2. The van der Waals surface area contributed by atoms with Gasteiger partial charge >= 0.3 is 0 Å². The topological polar surface area (TPSA) is 71.0 Å². The van der Waals surface area contributed by atoms with Crippen LogP contribution in [0.25, 0.3) is 10.9 Å². The second kappa shape index (κ2) is 5.24. The van der Waals surface area contributed by atoms with Gasteiger partial charge in [0.2, 0.25) is 0 Å². The molecule has 3 aromatic rings. The van der Waals surface area contributed by atoms with Crippen LogP contribution in [-0.4, -0.2) is 9.91 Å². The number of rotatable bonds is 4. The summed E-state index contributed by atoms with van der Waals surface area (Å²) in [6.07, 6.45) is 1.81.